The van der Waals surface area contributed by atoms with Crippen molar-refractivity contribution in [3.63, 3.8) is 0 Å². The quantitative estimate of drug-likeness (QED) is 0.415. The van der Waals surface area contributed by atoms with Gasteiger partial charge < -0.3 is 24.3 Å². The van der Waals surface area contributed by atoms with Crippen molar-refractivity contribution in [3.05, 3.63) is 59.0 Å². The second-order valence-electron chi connectivity index (χ2n) is 10.3. The summed E-state index contributed by atoms with van der Waals surface area (Å²) in [5.41, 5.74) is -1.76. The maximum absolute atomic E-state index is 15.8. The molecule has 198 valence electrons. The highest BCUT2D eigenvalue weighted by molar-refractivity contribution is 5.95. The third kappa shape index (κ3) is 4.48. The van der Waals surface area contributed by atoms with Gasteiger partial charge in [0.2, 0.25) is 0 Å². The number of hydrogen-bond donors (Lipinski definition) is 2. The Morgan fingerprint density at radius 2 is 1.95 bits per heavy atom. The maximum Gasteiger partial charge on any atom is 0.586 e. The van der Waals surface area contributed by atoms with Crippen LogP contribution in [0.15, 0.2) is 36.3 Å². The normalized spacial score (nSPS) is 20.6. The molecule has 2 aliphatic rings. The van der Waals surface area contributed by atoms with Crippen LogP contribution in [0.3, 0.4) is 0 Å². The molecule has 37 heavy (non-hydrogen) atoms. The number of halogens is 3. The number of benzene rings is 2. The summed E-state index contributed by atoms with van der Waals surface area (Å²) >= 11 is 0. The zero-order valence-electron chi connectivity index (χ0n) is 24.7. The smallest absolute Gasteiger partial charge is 0.395 e. The van der Waals surface area contributed by atoms with Crippen LogP contribution in [0.4, 0.5) is 13.2 Å². The molecule has 1 fully saturated rings. The first-order valence-electron chi connectivity index (χ1n) is 14.1. The SMILES string of the molecule is [2H]c1c(CC(=O)C2(c3ccc4c(c3)OC(F)(F)O4)CC2)c(F)c([2H])c2c1c([2H])c(C(C)(C)CC)n2C[C@]([2H])(O)CO. The summed E-state index contributed by atoms with van der Waals surface area (Å²) < 4.78 is 87.4. The number of carbonyl (C=O) groups excluding carboxylic acids is 1. The Balaban J connectivity index is 1.60. The summed E-state index contributed by atoms with van der Waals surface area (Å²) in [6.07, 6.45) is -5.58. The molecule has 1 saturated carbocycles. The summed E-state index contributed by atoms with van der Waals surface area (Å²) in [7, 11) is 0. The number of carbonyl (C=O) groups is 1. The van der Waals surface area contributed by atoms with E-state index in [4.69, 9.17) is 5.48 Å². The van der Waals surface area contributed by atoms with E-state index in [1.165, 1.54) is 22.8 Å². The first-order chi connectivity index (χ1) is 19.0. The molecule has 1 atom stereocenters. The fourth-order valence-electron chi connectivity index (χ4n) is 4.74. The van der Waals surface area contributed by atoms with Gasteiger partial charge in [0.15, 0.2) is 11.5 Å². The van der Waals surface area contributed by atoms with Crippen LogP contribution in [-0.4, -0.2) is 39.5 Å². The van der Waals surface area contributed by atoms with Crippen molar-refractivity contribution in [2.24, 2.45) is 0 Å². The van der Waals surface area contributed by atoms with Crippen molar-refractivity contribution < 1.29 is 43.1 Å². The Labute approximate surface area is 218 Å². The van der Waals surface area contributed by atoms with E-state index in [2.05, 4.69) is 9.47 Å². The summed E-state index contributed by atoms with van der Waals surface area (Å²) in [6, 6.07) is 2.69. The molecule has 6 nitrogen and oxygen atoms in total. The first-order valence-corrected chi connectivity index (χ1v) is 12.1. The molecule has 1 aromatic heterocycles. The highest BCUT2D eigenvalue weighted by Crippen LogP contribution is 2.52. The van der Waals surface area contributed by atoms with E-state index >= 15 is 4.39 Å². The lowest BCUT2D eigenvalue weighted by Crippen LogP contribution is -2.26. The molecular formula is C28H30F3NO5. The Bertz CT molecular complexity index is 1580. The van der Waals surface area contributed by atoms with Gasteiger partial charge in [-0.1, -0.05) is 26.8 Å². The van der Waals surface area contributed by atoms with Crippen LogP contribution in [0.5, 0.6) is 11.5 Å². The Morgan fingerprint density at radius 1 is 1.24 bits per heavy atom. The molecule has 9 heteroatoms. The van der Waals surface area contributed by atoms with E-state index in [9.17, 15) is 23.8 Å². The summed E-state index contributed by atoms with van der Waals surface area (Å²) in [4.78, 5) is 13.6. The van der Waals surface area contributed by atoms with Crippen molar-refractivity contribution in [3.8, 4) is 11.5 Å². The number of nitrogens with zero attached hydrogens (tertiary/aromatic N) is 1. The number of hydrogen-bond acceptors (Lipinski definition) is 5. The number of fused-ring (bicyclic) bond motifs is 2. The van der Waals surface area contributed by atoms with Crippen LogP contribution in [0.25, 0.3) is 10.9 Å². The lowest BCUT2D eigenvalue weighted by Gasteiger charge is -2.26. The largest absolute Gasteiger partial charge is 0.586 e. The van der Waals surface area contributed by atoms with Gasteiger partial charge in [-0.05, 0) is 60.6 Å². The molecule has 2 aromatic carbocycles. The summed E-state index contributed by atoms with van der Waals surface area (Å²) in [6.45, 7) is 3.91. The van der Waals surface area contributed by atoms with Gasteiger partial charge in [-0.15, -0.1) is 8.78 Å². The van der Waals surface area contributed by atoms with Gasteiger partial charge >= 0.3 is 6.29 Å². The minimum Gasteiger partial charge on any atom is -0.395 e. The van der Waals surface area contributed by atoms with Crippen molar-refractivity contribution in [2.75, 3.05) is 6.61 Å². The fourth-order valence-corrected chi connectivity index (χ4v) is 4.74. The van der Waals surface area contributed by atoms with Gasteiger partial charge in [0.25, 0.3) is 0 Å². The van der Waals surface area contributed by atoms with Gasteiger partial charge in [0.1, 0.15) is 11.6 Å². The monoisotopic (exact) mass is 521 g/mol. The van der Waals surface area contributed by atoms with E-state index in [-0.39, 0.29) is 39.7 Å². The number of aliphatic hydroxyl groups is 2. The van der Waals surface area contributed by atoms with E-state index in [0.29, 0.717) is 24.8 Å². The predicted molar refractivity (Wildman–Crippen MR) is 131 cm³/mol. The summed E-state index contributed by atoms with van der Waals surface area (Å²) in [5.74, 6) is -2.02. The lowest BCUT2D eigenvalue weighted by molar-refractivity contribution is -0.286. The van der Waals surface area contributed by atoms with Crippen molar-refractivity contribution >= 4 is 16.7 Å². The number of rotatable bonds is 9. The van der Waals surface area contributed by atoms with Gasteiger partial charge in [-0.2, -0.15) is 0 Å². The van der Waals surface area contributed by atoms with E-state index in [1.807, 2.05) is 6.92 Å². The molecule has 0 spiro atoms. The van der Waals surface area contributed by atoms with Crippen molar-refractivity contribution in [1.29, 1.82) is 0 Å². The van der Waals surface area contributed by atoms with E-state index in [1.54, 1.807) is 13.8 Å². The minimum atomic E-state index is -3.83. The highest BCUT2D eigenvalue weighted by Gasteiger charge is 2.52. The van der Waals surface area contributed by atoms with Gasteiger partial charge in [0, 0.05) is 22.9 Å². The molecular weight excluding hydrogens is 487 g/mol. The Hall–Kier alpha value is -3.04. The first kappa shape index (κ1) is 21.0. The third-order valence-corrected chi connectivity index (χ3v) is 7.41. The van der Waals surface area contributed by atoms with Gasteiger partial charge in [-0.25, -0.2) is 4.39 Å². The second kappa shape index (κ2) is 8.77. The van der Waals surface area contributed by atoms with Crippen LogP contribution in [0, 0.1) is 5.82 Å². The average Bonchev–Trinajstić information content (AvgIpc) is 3.57. The average molecular weight is 522 g/mol. The Morgan fingerprint density at radius 3 is 2.59 bits per heavy atom. The molecule has 0 radical (unpaired) electrons. The van der Waals surface area contributed by atoms with Crippen LogP contribution in [0.2, 0.25) is 0 Å². The summed E-state index contributed by atoms with van der Waals surface area (Å²) in [5, 5.41) is 19.8. The molecule has 5 rings (SSSR count). The number of Topliss-reactive ketones (excluding diaryl/α,β-unsaturated/α-hetero) is 1. The van der Waals surface area contributed by atoms with E-state index in [0.717, 1.165) is 0 Å². The van der Waals surface area contributed by atoms with Crippen LogP contribution in [0.1, 0.15) is 62.3 Å². The van der Waals surface area contributed by atoms with Crippen molar-refractivity contribution in [2.45, 2.75) is 76.2 Å². The second-order valence-corrected chi connectivity index (χ2v) is 10.3. The molecule has 0 amide bonds. The number of ether oxygens (including phenoxy) is 2. The molecule has 0 unspecified atom stereocenters. The predicted octanol–water partition coefficient (Wildman–Crippen LogP) is 4.99. The zero-order valence-corrected chi connectivity index (χ0v) is 20.7. The van der Waals surface area contributed by atoms with Crippen LogP contribution in [-0.2, 0) is 28.6 Å². The van der Waals surface area contributed by atoms with Crippen LogP contribution < -0.4 is 9.47 Å². The number of aliphatic hydroxyl groups excluding tert-OH is 1. The number of aromatic nitrogens is 1. The fraction of sp³-hybridized carbons (Fsp3) is 0.464. The van der Waals surface area contributed by atoms with Crippen molar-refractivity contribution in [1.82, 2.24) is 4.57 Å². The van der Waals surface area contributed by atoms with Gasteiger partial charge in [-0.3, -0.25) is 4.79 Å². The van der Waals surface area contributed by atoms with Gasteiger partial charge in [0.05, 0.1) is 35.6 Å². The van der Waals surface area contributed by atoms with E-state index < -0.39 is 66.5 Å². The topological polar surface area (TPSA) is 80.9 Å². The molecule has 0 bridgehead atoms. The molecule has 2 N–H and O–H groups in total. The molecule has 1 aliphatic carbocycles. The maximum atomic E-state index is 15.8. The third-order valence-electron chi connectivity index (χ3n) is 7.41. The minimum absolute atomic E-state index is 0.0976. The molecule has 3 aromatic rings. The standard InChI is InChI=1S/C28H30F3NO5/c1-4-26(2,3)24-10-17-9-16(20(29)13-21(17)32(24)14-19(34)15-33)11-25(35)27(7-8-27)18-5-6-22-23(12-18)37-28(30,31)36-22/h5-6,9-10,12-13,19,33-34H,4,7-8,11,14-15H2,1-3H3/t19-/m0/s1/i9D,10D,13D,19D. The molecule has 2 heterocycles. The highest BCUT2D eigenvalue weighted by atomic mass is 19.3. The number of alkyl halides is 2. The van der Waals surface area contributed by atoms with Crippen LogP contribution >= 0.6 is 0 Å². The lowest BCUT2D eigenvalue weighted by atomic mass is 9.86. The number of ketones is 1. The Kier molecular flexibility index (Phi) is 4.97. The molecule has 0 saturated heterocycles. The zero-order chi connectivity index (χ0) is 30.3. The molecule has 1 aliphatic heterocycles.